The zero-order valence-corrected chi connectivity index (χ0v) is 16.6. The van der Waals surface area contributed by atoms with Crippen molar-refractivity contribution in [3.05, 3.63) is 64.5 Å². The molecule has 2 aromatic heterocycles. The van der Waals surface area contributed by atoms with E-state index in [1.807, 2.05) is 0 Å². The molecule has 0 spiro atoms. The van der Waals surface area contributed by atoms with Crippen LogP contribution in [0.25, 0.3) is 16.0 Å². The van der Waals surface area contributed by atoms with Gasteiger partial charge in [-0.3, -0.25) is 0 Å². The summed E-state index contributed by atoms with van der Waals surface area (Å²) in [6, 6.07) is 3.59. The molecule has 0 amide bonds. The summed E-state index contributed by atoms with van der Waals surface area (Å²) < 4.78 is 53.3. The monoisotopic (exact) mass is 428 g/mol. The highest BCUT2D eigenvalue weighted by Crippen LogP contribution is 2.37. The van der Waals surface area contributed by atoms with Crippen molar-refractivity contribution in [2.45, 2.75) is 19.5 Å². The number of nitrogens with two attached hydrogens (primary N) is 1. The number of nitrogen functional groups attached to an aromatic ring is 1. The molecule has 0 aliphatic carbocycles. The fraction of sp³-hybridized carbons (Fsp3) is 0.238. The Hall–Kier alpha value is -3.97. The Balaban J connectivity index is 2.22. The van der Waals surface area contributed by atoms with Crippen molar-refractivity contribution in [1.29, 1.82) is 0 Å². The van der Waals surface area contributed by atoms with E-state index < -0.39 is 35.8 Å². The van der Waals surface area contributed by atoms with E-state index in [9.17, 15) is 14.3 Å². The summed E-state index contributed by atoms with van der Waals surface area (Å²) in [4.78, 5) is 19.2. The van der Waals surface area contributed by atoms with Gasteiger partial charge in [0.2, 0.25) is 0 Å². The number of hydrogen-bond donors (Lipinski definition) is 3. The first-order valence-corrected chi connectivity index (χ1v) is 8.90. The minimum Gasteiger partial charge on any atom is -0.482 e. The second-order valence-electron chi connectivity index (χ2n) is 6.44. The third-order valence-electron chi connectivity index (χ3n) is 4.38. The van der Waals surface area contributed by atoms with Crippen LogP contribution in [0.3, 0.4) is 0 Å². The molecule has 10 heteroatoms. The minimum absolute atomic E-state index is 0.166. The Kier molecular flexibility index (Phi) is 4.77. The molecule has 1 aromatic carbocycles. The number of carbonyl (C=O) groups is 1. The van der Waals surface area contributed by atoms with E-state index in [2.05, 4.69) is 20.2 Å². The Labute approximate surface area is 183 Å². The van der Waals surface area contributed by atoms with Crippen LogP contribution in [0.4, 0.5) is 16.0 Å². The van der Waals surface area contributed by atoms with E-state index >= 15 is 0 Å². The van der Waals surface area contributed by atoms with Crippen LogP contribution in [-0.4, -0.2) is 32.9 Å². The third-order valence-corrected chi connectivity index (χ3v) is 4.38. The maximum absolute atomic E-state index is 14.0. The molecule has 9 nitrogen and oxygen atoms in total. The largest absolute Gasteiger partial charge is 0.482 e. The van der Waals surface area contributed by atoms with Crippen molar-refractivity contribution in [3.8, 4) is 16.9 Å². The van der Waals surface area contributed by atoms with E-state index in [4.69, 9.17) is 22.5 Å². The van der Waals surface area contributed by atoms with Crippen LogP contribution in [0.2, 0.25) is 0 Å². The second kappa shape index (κ2) is 8.81. The Morgan fingerprint density at radius 2 is 2.32 bits per heavy atom. The van der Waals surface area contributed by atoms with Crippen LogP contribution in [0, 0.1) is 12.4 Å². The summed E-state index contributed by atoms with van der Waals surface area (Å²) in [5, 5.41) is 16.8. The predicted molar refractivity (Wildman–Crippen MR) is 112 cm³/mol. The number of nitrogens with zero attached hydrogens (tertiary/aromatic N) is 4. The highest BCUT2D eigenvalue weighted by molar-refractivity contribution is 5.89. The van der Waals surface area contributed by atoms with Gasteiger partial charge in [0, 0.05) is 28.0 Å². The van der Waals surface area contributed by atoms with Gasteiger partial charge in [-0.15, -0.1) is 5.10 Å². The maximum atomic E-state index is 14.0. The summed E-state index contributed by atoms with van der Waals surface area (Å²) >= 11 is 0. The lowest BCUT2D eigenvalue weighted by Gasteiger charge is -2.18. The Bertz CT molecular complexity index is 1340. The average Bonchev–Trinajstić information content (AvgIpc) is 3.09. The first-order valence-electron chi connectivity index (χ1n) is 10.9. The number of anilines is 1. The Morgan fingerprint density at radius 3 is 2.97 bits per heavy atom. The smallest absolute Gasteiger partial charge is 0.336 e. The van der Waals surface area contributed by atoms with Crippen molar-refractivity contribution in [3.63, 3.8) is 0 Å². The molecule has 0 radical (unpaired) electrons. The van der Waals surface area contributed by atoms with Crippen molar-refractivity contribution >= 4 is 17.6 Å². The summed E-state index contributed by atoms with van der Waals surface area (Å²) in [7, 11) is 3.27. The fourth-order valence-corrected chi connectivity index (χ4v) is 3.01. The predicted octanol–water partition coefficient (Wildman–Crippen LogP) is 3.31. The lowest BCUT2D eigenvalue weighted by Crippen LogP contribution is -2.12. The summed E-state index contributed by atoms with van der Waals surface area (Å²) in [5.74, 6) is -3.03. The van der Waals surface area contributed by atoms with Gasteiger partial charge in [-0.05, 0) is 43.7 Å². The van der Waals surface area contributed by atoms with Crippen molar-refractivity contribution in [1.82, 2.24) is 20.1 Å². The number of rotatable bonds is 7. The van der Waals surface area contributed by atoms with Crippen LogP contribution in [-0.2, 0) is 13.6 Å². The van der Waals surface area contributed by atoms with Crippen LogP contribution in [0.1, 0.15) is 40.0 Å². The molecular formula is C21H21FN6O3. The van der Waals surface area contributed by atoms with Crippen molar-refractivity contribution < 1.29 is 24.5 Å². The highest BCUT2D eigenvalue weighted by atomic mass is 19.1. The first kappa shape index (κ1) is 16.8. The average molecular weight is 428 g/mol. The number of carboxylic acids is 1. The molecule has 1 atom stereocenters. The molecule has 0 fully saturated rings. The van der Waals surface area contributed by atoms with Gasteiger partial charge in [0.05, 0.1) is 19.7 Å². The minimum atomic E-state index is -3.28. The molecule has 1 unspecified atom stereocenters. The van der Waals surface area contributed by atoms with Gasteiger partial charge in [0.25, 0.3) is 5.82 Å². The van der Waals surface area contributed by atoms with Gasteiger partial charge in [-0.2, -0.15) is 0 Å². The zero-order chi connectivity index (χ0) is 26.1. The molecule has 3 aromatic rings. The number of ether oxygens (including phenoxy) is 1. The van der Waals surface area contributed by atoms with Crippen LogP contribution >= 0.6 is 0 Å². The van der Waals surface area contributed by atoms with Crippen LogP contribution in [0.5, 0.6) is 5.75 Å². The first-order chi connectivity index (χ1) is 16.3. The lowest BCUT2D eigenvalue weighted by molar-refractivity contribution is 0.0691. The van der Waals surface area contributed by atoms with Gasteiger partial charge >= 0.3 is 5.97 Å². The van der Waals surface area contributed by atoms with Gasteiger partial charge in [0.15, 0.2) is 11.6 Å². The van der Waals surface area contributed by atoms with Crippen molar-refractivity contribution in [2.75, 3.05) is 12.8 Å². The molecule has 2 heterocycles. The molecule has 0 aliphatic heterocycles. The molecule has 0 aliphatic rings. The zero-order valence-electron chi connectivity index (χ0n) is 20.6. The van der Waals surface area contributed by atoms with E-state index in [-0.39, 0.29) is 17.4 Å². The normalized spacial score (nSPS) is 15.0. The van der Waals surface area contributed by atoms with Gasteiger partial charge in [-0.25, -0.2) is 18.9 Å². The van der Waals surface area contributed by atoms with E-state index in [1.54, 1.807) is 14.1 Å². The Morgan fingerprint density at radius 1 is 1.55 bits per heavy atom. The van der Waals surface area contributed by atoms with E-state index in [0.717, 1.165) is 12.1 Å². The molecule has 3 rings (SSSR count). The third kappa shape index (κ3) is 4.31. The van der Waals surface area contributed by atoms with Gasteiger partial charge in [-0.1, -0.05) is 6.57 Å². The summed E-state index contributed by atoms with van der Waals surface area (Å²) in [6.45, 7) is 4.53. The molecule has 0 saturated heterocycles. The number of aryl methyl sites for hydroxylation is 1. The summed E-state index contributed by atoms with van der Waals surface area (Å²) in [5.41, 5.74) is 5.73. The highest BCUT2D eigenvalue weighted by Gasteiger charge is 2.22. The van der Waals surface area contributed by atoms with Crippen LogP contribution < -0.4 is 15.8 Å². The molecule has 0 saturated carbocycles. The van der Waals surface area contributed by atoms with Gasteiger partial charge < -0.3 is 25.7 Å². The van der Waals surface area contributed by atoms with E-state index in [0.29, 0.717) is 29.4 Å². The number of benzene rings is 1. The standard InChI is InChI=1S/C21H21FN6O3/c1-11(15-8-13(22)5-6-14(15)21(29)30)31-17-7-12(9-26-19(17)23)18-16(10-24-2)27-28(4)20(18)25-3/h5-9,11,24H,10H2,1-2,4H3,(H2,23,26)(H,29,30)/i1D3,11D. The number of hydrogen-bond acceptors (Lipinski definition) is 6. The van der Waals surface area contributed by atoms with Crippen LogP contribution in [0.15, 0.2) is 30.5 Å². The lowest BCUT2D eigenvalue weighted by atomic mass is 10.0. The number of aromatic nitrogens is 3. The number of halogens is 1. The second-order valence-corrected chi connectivity index (χ2v) is 6.44. The van der Waals surface area contributed by atoms with E-state index in [1.165, 1.54) is 16.9 Å². The topological polar surface area (TPSA) is 120 Å². The van der Waals surface area contributed by atoms with Crippen molar-refractivity contribution in [2.24, 2.45) is 7.05 Å². The summed E-state index contributed by atoms with van der Waals surface area (Å²) in [6.07, 6.45) is -1.73. The number of carboxylic acid groups (broad SMARTS) is 1. The molecule has 160 valence electrons. The fourth-order valence-electron chi connectivity index (χ4n) is 3.01. The van der Waals surface area contributed by atoms with Gasteiger partial charge in [0.1, 0.15) is 11.9 Å². The number of aromatic carboxylic acids is 1. The number of nitrogens with one attached hydrogen (secondary N) is 1. The SMILES string of the molecule is [2H]C([2H])([2H])C([2H])(Oc1cc(-c2c(CNC)nn(C)c2[N+]#[C-])cnc1N)c1cc(F)ccc1C(=O)O. The number of pyridine rings is 1. The maximum Gasteiger partial charge on any atom is 0.336 e. The molecular weight excluding hydrogens is 403 g/mol. The molecule has 31 heavy (non-hydrogen) atoms. The molecule has 4 N–H and O–H groups in total. The molecule has 0 bridgehead atoms. The quantitative estimate of drug-likeness (QED) is 0.494.